The molecule has 0 aliphatic carbocycles. The van der Waals surface area contributed by atoms with Gasteiger partial charge in [0.2, 0.25) is 0 Å². The fourth-order valence-corrected chi connectivity index (χ4v) is 3.15. The smallest absolute Gasteiger partial charge is 0.271 e. The monoisotopic (exact) mass is 514 g/mol. The number of nitrogens with one attached hydrogen (secondary N) is 1. The zero-order valence-corrected chi connectivity index (χ0v) is 19.0. The van der Waals surface area contributed by atoms with Gasteiger partial charge in [0, 0.05) is 9.13 Å². The SMILES string of the molecule is CCOc1cc(/C=N\NC(=O)c2ccccc2C)ccc1OCc1ccc(I)cc1. The van der Waals surface area contributed by atoms with E-state index in [1.807, 2.05) is 74.5 Å². The number of rotatable bonds is 8. The standard InChI is InChI=1S/C24H23IN2O3/c1-3-29-23-14-19(15-26-27-24(28)21-7-5-4-6-17(21)2)10-13-22(23)30-16-18-8-11-20(25)12-9-18/h4-15H,3,16H2,1-2H3,(H,27,28)/b26-15-. The minimum atomic E-state index is -0.244. The van der Waals surface area contributed by atoms with Gasteiger partial charge in [0.05, 0.1) is 12.8 Å². The average Bonchev–Trinajstić information content (AvgIpc) is 2.75. The number of hydrazone groups is 1. The van der Waals surface area contributed by atoms with Crippen LogP contribution < -0.4 is 14.9 Å². The second-order valence-corrected chi connectivity index (χ2v) is 7.81. The number of amides is 1. The fourth-order valence-electron chi connectivity index (χ4n) is 2.79. The molecule has 0 spiro atoms. The molecule has 0 fully saturated rings. The van der Waals surface area contributed by atoms with Gasteiger partial charge in [-0.2, -0.15) is 5.10 Å². The number of carbonyl (C=O) groups excluding carboxylic acids is 1. The van der Waals surface area contributed by atoms with E-state index in [9.17, 15) is 4.79 Å². The molecule has 0 saturated heterocycles. The molecule has 3 aromatic carbocycles. The Morgan fingerprint density at radius 3 is 2.53 bits per heavy atom. The van der Waals surface area contributed by atoms with Gasteiger partial charge in [0.15, 0.2) is 11.5 Å². The number of ether oxygens (including phenoxy) is 2. The summed E-state index contributed by atoms with van der Waals surface area (Å²) in [4.78, 5) is 12.3. The van der Waals surface area contributed by atoms with Crippen molar-refractivity contribution in [2.24, 2.45) is 5.10 Å². The van der Waals surface area contributed by atoms with Gasteiger partial charge < -0.3 is 9.47 Å². The summed E-state index contributed by atoms with van der Waals surface area (Å²) in [5, 5.41) is 4.07. The number of halogens is 1. The predicted molar refractivity (Wildman–Crippen MR) is 127 cm³/mol. The van der Waals surface area contributed by atoms with Gasteiger partial charge in [-0.1, -0.05) is 30.3 Å². The Kier molecular flexibility index (Phi) is 7.84. The highest BCUT2D eigenvalue weighted by atomic mass is 127. The van der Waals surface area contributed by atoms with Gasteiger partial charge in [0.25, 0.3) is 5.91 Å². The van der Waals surface area contributed by atoms with E-state index in [2.05, 4.69) is 33.1 Å². The van der Waals surface area contributed by atoms with Crippen LogP contribution in [0.4, 0.5) is 0 Å². The lowest BCUT2D eigenvalue weighted by atomic mass is 10.1. The van der Waals surface area contributed by atoms with Crippen LogP contribution in [0, 0.1) is 10.5 Å². The van der Waals surface area contributed by atoms with Crippen molar-refractivity contribution in [2.45, 2.75) is 20.5 Å². The lowest BCUT2D eigenvalue weighted by molar-refractivity contribution is 0.0954. The summed E-state index contributed by atoms with van der Waals surface area (Å²) in [7, 11) is 0. The van der Waals surface area contributed by atoms with E-state index in [0.29, 0.717) is 30.3 Å². The van der Waals surface area contributed by atoms with Crippen molar-refractivity contribution >= 4 is 34.7 Å². The minimum absolute atomic E-state index is 0.244. The van der Waals surface area contributed by atoms with E-state index < -0.39 is 0 Å². The van der Waals surface area contributed by atoms with Crippen LogP contribution in [0.2, 0.25) is 0 Å². The highest BCUT2D eigenvalue weighted by Gasteiger charge is 2.08. The maximum Gasteiger partial charge on any atom is 0.271 e. The van der Waals surface area contributed by atoms with Crippen molar-refractivity contribution in [3.8, 4) is 11.5 Å². The Morgan fingerprint density at radius 1 is 1.03 bits per heavy atom. The first kappa shape index (κ1) is 21.8. The Labute approximate surface area is 190 Å². The summed E-state index contributed by atoms with van der Waals surface area (Å²) in [5.41, 5.74) is 5.95. The van der Waals surface area contributed by atoms with Crippen LogP contribution in [0.5, 0.6) is 11.5 Å². The topological polar surface area (TPSA) is 59.9 Å². The molecule has 0 atom stereocenters. The van der Waals surface area contributed by atoms with Crippen molar-refractivity contribution < 1.29 is 14.3 Å². The molecule has 0 bridgehead atoms. The molecule has 0 aromatic heterocycles. The van der Waals surface area contributed by atoms with E-state index in [1.54, 1.807) is 12.3 Å². The first-order valence-corrected chi connectivity index (χ1v) is 10.7. The number of carbonyl (C=O) groups is 1. The lowest BCUT2D eigenvalue weighted by Crippen LogP contribution is -2.18. The van der Waals surface area contributed by atoms with Gasteiger partial charge in [-0.3, -0.25) is 4.79 Å². The van der Waals surface area contributed by atoms with Crippen LogP contribution in [0.15, 0.2) is 71.8 Å². The first-order valence-electron chi connectivity index (χ1n) is 9.60. The molecule has 154 valence electrons. The van der Waals surface area contributed by atoms with Gasteiger partial charge >= 0.3 is 0 Å². The number of nitrogens with zero attached hydrogens (tertiary/aromatic N) is 1. The first-order chi connectivity index (χ1) is 14.6. The predicted octanol–water partition coefficient (Wildman–Crippen LogP) is 5.34. The summed E-state index contributed by atoms with van der Waals surface area (Å²) in [6.45, 7) is 4.79. The third kappa shape index (κ3) is 6.06. The number of hydrogen-bond donors (Lipinski definition) is 1. The zero-order chi connectivity index (χ0) is 21.3. The molecular formula is C24H23IN2O3. The highest BCUT2D eigenvalue weighted by Crippen LogP contribution is 2.29. The van der Waals surface area contributed by atoms with Crippen LogP contribution in [-0.2, 0) is 6.61 Å². The Balaban J connectivity index is 1.66. The molecular weight excluding hydrogens is 491 g/mol. The van der Waals surface area contributed by atoms with E-state index in [-0.39, 0.29) is 5.91 Å². The minimum Gasteiger partial charge on any atom is -0.490 e. The molecule has 30 heavy (non-hydrogen) atoms. The third-order valence-corrected chi connectivity index (χ3v) is 5.06. The summed E-state index contributed by atoms with van der Waals surface area (Å²) >= 11 is 2.28. The zero-order valence-electron chi connectivity index (χ0n) is 16.9. The second-order valence-electron chi connectivity index (χ2n) is 6.57. The summed E-state index contributed by atoms with van der Waals surface area (Å²) in [6.07, 6.45) is 1.58. The Morgan fingerprint density at radius 2 is 1.80 bits per heavy atom. The molecule has 0 saturated carbocycles. The molecule has 0 heterocycles. The van der Waals surface area contributed by atoms with Crippen molar-refractivity contribution in [1.29, 1.82) is 0 Å². The molecule has 1 amide bonds. The third-order valence-electron chi connectivity index (χ3n) is 4.34. The highest BCUT2D eigenvalue weighted by molar-refractivity contribution is 14.1. The van der Waals surface area contributed by atoms with Gasteiger partial charge in [-0.05, 0) is 89.5 Å². The second kappa shape index (κ2) is 10.8. The van der Waals surface area contributed by atoms with Crippen LogP contribution in [-0.4, -0.2) is 18.7 Å². The molecule has 0 radical (unpaired) electrons. The van der Waals surface area contributed by atoms with Crippen molar-refractivity contribution in [2.75, 3.05) is 6.61 Å². The summed E-state index contributed by atoms with van der Waals surface area (Å²) in [5.74, 6) is 1.06. The van der Waals surface area contributed by atoms with E-state index in [4.69, 9.17) is 9.47 Å². The van der Waals surface area contributed by atoms with Crippen molar-refractivity contribution in [3.63, 3.8) is 0 Å². The average molecular weight is 514 g/mol. The van der Waals surface area contributed by atoms with Crippen LogP contribution in [0.1, 0.15) is 34.0 Å². The normalized spacial score (nSPS) is 10.8. The number of benzene rings is 3. The van der Waals surface area contributed by atoms with E-state index in [0.717, 1.165) is 16.7 Å². The summed E-state index contributed by atoms with van der Waals surface area (Å²) in [6, 6.07) is 21.1. The molecule has 1 N–H and O–H groups in total. The quantitative estimate of drug-likeness (QED) is 0.251. The Hall–Kier alpha value is -2.87. The number of aryl methyl sites for hydroxylation is 1. The summed E-state index contributed by atoms with van der Waals surface area (Å²) < 4.78 is 12.8. The molecule has 3 rings (SSSR count). The largest absolute Gasteiger partial charge is 0.490 e. The van der Waals surface area contributed by atoms with Crippen LogP contribution >= 0.6 is 22.6 Å². The van der Waals surface area contributed by atoms with Crippen LogP contribution in [0.3, 0.4) is 0 Å². The molecule has 0 unspecified atom stereocenters. The van der Waals surface area contributed by atoms with Gasteiger partial charge in [0.1, 0.15) is 6.61 Å². The Bertz CT molecular complexity index is 1030. The maximum atomic E-state index is 12.3. The maximum absolute atomic E-state index is 12.3. The van der Waals surface area contributed by atoms with E-state index >= 15 is 0 Å². The molecule has 6 heteroatoms. The fraction of sp³-hybridized carbons (Fsp3) is 0.167. The van der Waals surface area contributed by atoms with Gasteiger partial charge in [-0.15, -0.1) is 0 Å². The van der Waals surface area contributed by atoms with Gasteiger partial charge in [-0.25, -0.2) is 5.43 Å². The molecule has 0 aliphatic rings. The molecule has 0 aliphatic heterocycles. The lowest BCUT2D eigenvalue weighted by Gasteiger charge is -2.12. The molecule has 3 aromatic rings. The van der Waals surface area contributed by atoms with Crippen molar-refractivity contribution in [3.05, 3.63) is 92.6 Å². The van der Waals surface area contributed by atoms with Crippen LogP contribution in [0.25, 0.3) is 0 Å². The van der Waals surface area contributed by atoms with Crippen molar-refractivity contribution in [1.82, 2.24) is 5.43 Å². The number of hydrogen-bond acceptors (Lipinski definition) is 4. The molecule has 5 nitrogen and oxygen atoms in total. The van der Waals surface area contributed by atoms with E-state index in [1.165, 1.54) is 3.57 Å².